The van der Waals surface area contributed by atoms with Gasteiger partial charge in [-0.2, -0.15) is 0 Å². The third kappa shape index (κ3) is 0.731. The maximum absolute atomic E-state index is 8.79. The molecule has 0 aromatic heterocycles. The lowest BCUT2D eigenvalue weighted by molar-refractivity contribution is 0.234. The van der Waals surface area contributed by atoms with E-state index in [0.29, 0.717) is 17.4 Å². The minimum atomic E-state index is 0.338. The Balaban J connectivity index is 2.59. The highest BCUT2D eigenvalue weighted by Gasteiger charge is 2.64. The van der Waals surface area contributed by atoms with Crippen LogP contribution in [0.5, 0.6) is 0 Å². The molecule has 0 aliphatic heterocycles. The van der Waals surface area contributed by atoms with Gasteiger partial charge in [-0.05, 0) is 23.2 Å². The number of hydrogen-bond donors (Lipinski definition) is 1. The van der Waals surface area contributed by atoms with E-state index in [1.807, 2.05) is 0 Å². The van der Waals surface area contributed by atoms with Crippen molar-refractivity contribution in [2.45, 2.75) is 34.1 Å². The highest BCUT2D eigenvalue weighted by atomic mass is 16.3. The van der Waals surface area contributed by atoms with Crippen molar-refractivity contribution in [1.29, 1.82) is 0 Å². The van der Waals surface area contributed by atoms with Crippen LogP contribution in [0.2, 0.25) is 0 Å². The minimum absolute atomic E-state index is 0.338. The topological polar surface area (TPSA) is 20.2 Å². The van der Waals surface area contributed by atoms with Gasteiger partial charge in [-0.3, -0.25) is 0 Å². The standard InChI is InChI=1S/C9H18O/c1-7-8(2,3)9(7,4)5-6-10/h7,10H,5-6H2,1-4H3. The molecule has 1 aliphatic rings. The lowest BCUT2D eigenvalue weighted by Gasteiger charge is -2.11. The monoisotopic (exact) mass is 142 g/mol. The summed E-state index contributed by atoms with van der Waals surface area (Å²) in [5, 5.41) is 8.79. The van der Waals surface area contributed by atoms with Crippen molar-refractivity contribution >= 4 is 0 Å². The van der Waals surface area contributed by atoms with E-state index in [9.17, 15) is 0 Å². The van der Waals surface area contributed by atoms with Gasteiger partial charge in [0.1, 0.15) is 0 Å². The molecule has 0 bridgehead atoms. The Bertz CT molecular complexity index is 140. The second-order valence-electron chi connectivity index (χ2n) is 4.33. The lowest BCUT2D eigenvalue weighted by atomic mass is 9.95. The summed E-state index contributed by atoms with van der Waals surface area (Å²) in [5.41, 5.74) is 0.859. The van der Waals surface area contributed by atoms with Gasteiger partial charge < -0.3 is 5.11 Å². The first-order valence-electron chi connectivity index (χ1n) is 4.07. The summed E-state index contributed by atoms with van der Waals surface area (Å²) in [7, 11) is 0. The van der Waals surface area contributed by atoms with Gasteiger partial charge in [-0.1, -0.05) is 27.7 Å². The minimum Gasteiger partial charge on any atom is -0.396 e. The molecule has 1 aliphatic carbocycles. The van der Waals surface area contributed by atoms with Crippen LogP contribution in [0, 0.1) is 16.7 Å². The largest absolute Gasteiger partial charge is 0.396 e. The Hall–Kier alpha value is -0.0400. The van der Waals surface area contributed by atoms with Gasteiger partial charge in [0.05, 0.1) is 0 Å². The van der Waals surface area contributed by atoms with Gasteiger partial charge in [0.2, 0.25) is 0 Å². The van der Waals surface area contributed by atoms with Gasteiger partial charge in [0, 0.05) is 6.61 Å². The second-order valence-corrected chi connectivity index (χ2v) is 4.33. The normalized spacial score (nSPS) is 43.5. The van der Waals surface area contributed by atoms with E-state index in [0.717, 1.165) is 12.3 Å². The summed E-state index contributed by atoms with van der Waals surface area (Å²) in [6.45, 7) is 9.45. The highest BCUT2D eigenvalue weighted by molar-refractivity contribution is 5.12. The van der Waals surface area contributed by atoms with Gasteiger partial charge in [-0.25, -0.2) is 0 Å². The molecule has 60 valence electrons. The van der Waals surface area contributed by atoms with Crippen LogP contribution in [0.4, 0.5) is 0 Å². The molecular formula is C9H18O. The van der Waals surface area contributed by atoms with Crippen LogP contribution in [-0.2, 0) is 0 Å². The van der Waals surface area contributed by atoms with Crippen molar-refractivity contribution in [3.8, 4) is 0 Å². The fourth-order valence-corrected chi connectivity index (χ4v) is 2.15. The van der Waals surface area contributed by atoms with Crippen molar-refractivity contribution in [1.82, 2.24) is 0 Å². The van der Waals surface area contributed by atoms with Gasteiger partial charge in [0.15, 0.2) is 0 Å². The van der Waals surface area contributed by atoms with E-state index in [1.165, 1.54) is 0 Å². The average Bonchev–Trinajstić information content (AvgIpc) is 2.17. The van der Waals surface area contributed by atoms with Crippen LogP contribution >= 0.6 is 0 Å². The van der Waals surface area contributed by atoms with E-state index in [-0.39, 0.29) is 0 Å². The zero-order valence-electron chi connectivity index (χ0n) is 7.44. The Morgan fingerprint density at radius 1 is 1.30 bits per heavy atom. The summed E-state index contributed by atoms with van der Waals surface area (Å²) in [6, 6.07) is 0. The second kappa shape index (κ2) is 1.97. The molecule has 10 heavy (non-hydrogen) atoms. The average molecular weight is 142 g/mol. The molecule has 1 fully saturated rings. The molecule has 1 N–H and O–H groups in total. The lowest BCUT2D eigenvalue weighted by Crippen LogP contribution is -2.05. The smallest absolute Gasteiger partial charge is 0.0436 e. The number of hydrogen-bond acceptors (Lipinski definition) is 1. The predicted octanol–water partition coefficient (Wildman–Crippen LogP) is 2.05. The van der Waals surface area contributed by atoms with Crippen LogP contribution in [0.15, 0.2) is 0 Å². The molecule has 1 rings (SSSR count). The molecule has 0 heterocycles. The molecule has 0 radical (unpaired) electrons. The van der Waals surface area contributed by atoms with Crippen LogP contribution in [0.1, 0.15) is 34.1 Å². The van der Waals surface area contributed by atoms with Crippen LogP contribution in [-0.4, -0.2) is 11.7 Å². The van der Waals surface area contributed by atoms with Crippen molar-refractivity contribution in [3.63, 3.8) is 0 Å². The Labute approximate surface area is 63.4 Å². The summed E-state index contributed by atoms with van der Waals surface area (Å²) < 4.78 is 0. The Kier molecular flexibility index (Phi) is 1.59. The summed E-state index contributed by atoms with van der Waals surface area (Å²) in [6.07, 6.45) is 0.959. The van der Waals surface area contributed by atoms with Crippen molar-refractivity contribution in [3.05, 3.63) is 0 Å². The number of rotatable bonds is 2. The molecule has 2 unspecified atom stereocenters. The van der Waals surface area contributed by atoms with Gasteiger partial charge >= 0.3 is 0 Å². The van der Waals surface area contributed by atoms with E-state index in [4.69, 9.17) is 5.11 Å². The molecule has 0 spiro atoms. The highest BCUT2D eigenvalue weighted by Crippen LogP contribution is 2.69. The third-order valence-corrected chi connectivity index (χ3v) is 4.06. The molecule has 0 amide bonds. The van der Waals surface area contributed by atoms with Crippen LogP contribution < -0.4 is 0 Å². The molecule has 0 saturated heterocycles. The molecule has 1 nitrogen and oxygen atoms in total. The Morgan fingerprint density at radius 3 is 1.80 bits per heavy atom. The van der Waals surface area contributed by atoms with E-state index in [1.54, 1.807) is 0 Å². The zero-order chi connectivity index (χ0) is 7.99. The molecular weight excluding hydrogens is 124 g/mol. The summed E-state index contributed by atoms with van der Waals surface area (Å²) in [4.78, 5) is 0. The quantitative estimate of drug-likeness (QED) is 0.625. The molecule has 0 aromatic carbocycles. The van der Waals surface area contributed by atoms with Crippen molar-refractivity contribution in [2.24, 2.45) is 16.7 Å². The summed E-state index contributed by atoms with van der Waals surface area (Å²) in [5.74, 6) is 0.771. The van der Waals surface area contributed by atoms with Crippen molar-refractivity contribution in [2.75, 3.05) is 6.61 Å². The molecule has 1 saturated carbocycles. The van der Waals surface area contributed by atoms with E-state index < -0.39 is 0 Å². The van der Waals surface area contributed by atoms with Crippen LogP contribution in [0.3, 0.4) is 0 Å². The molecule has 0 aromatic rings. The first kappa shape index (κ1) is 8.06. The Morgan fingerprint density at radius 2 is 1.70 bits per heavy atom. The first-order valence-corrected chi connectivity index (χ1v) is 4.07. The van der Waals surface area contributed by atoms with E-state index >= 15 is 0 Å². The fraction of sp³-hybridized carbons (Fsp3) is 1.00. The van der Waals surface area contributed by atoms with Crippen molar-refractivity contribution < 1.29 is 5.11 Å². The van der Waals surface area contributed by atoms with E-state index in [2.05, 4.69) is 27.7 Å². The zero-order valence-corrected chi connectivity index (χ0v) is 7.44. The SMILES string of the molecule is CC1C(C)(C)C1(C)CCO. The summed E-state index contributed by atoms with van der Waals surface area (Å²) >= 11 is 0. The third-order valence-electron chi connectivity index (χ3n) is 4.06. The van der Waals surface area contributed by atoms with Gasteiger partial charge in [-0.15, -0.1) is 0 Å². The van der Waals surface area contributed by atoms with Gasteiger partial charge in [0.25, 0.3) is 0 Å². The fourth-order valence-electron chi connectivity index (χ4n) is 2.15. The van der Waals surface area contributed by atoms with Crippen LogP contribution in [0.25, 0.3) is 0 Å². The first-order chi connectivity index (χ1) is 4.47. The maximum Gasteiger partial charge on any atom is 0.0436 e. The molecule has 1 heteroatoms. The maximum atomic E-state index is 8.79. The number of aliphatic hydroxyl groups excluding tert-OH is 1. The molecule has 2 atom stereocenters. The number of aliphatic hydroxyl groups is 1. The predicted molar refractivity (Wildman–Crippen MR) is 42.8 cm³/mol.